The molecule has 0 bridgehead atoms. The van der Waals surface area contributed by atoms with Crippen LogP contribution in [0.4, 0.5) is 4.39 Å². The normalized spacial score (nSPS) is 20.4. The summed E-state index contributed by atoms with van der Waals surface area (Å²) in [5.41, 5.74) is 3.18. The maximum Gasteiger partial charge on any atom is 0.148 e. The van der Waals surface area contributed by atoms with Gasteiger partial charge in [0.2, 0.25) is 0 Å². The van der Waals surface area contributed by atoms with E-state index in [-0.39, 0.29) is 5.82 Å². The highest BCUT2D eigenvalue weighted by molar-refractivity contribution is 5.33. The van der Waals surface area contributed by atoms with Gasteiger partial charge in [-0.15, -0.1) is 0 Å². The molecule has 0 atom stereocenters. The van der Waals surface area contributed by atoms with Gasteiger partial charge in [0.05, 0.1) is 5.69 Å². The summed E-state index contributed by atoms with van der Waals surface area (Å²) in [6.45, 7) is 2.63. The second kappa shape index (κ2) is 3.09. The molecule has 3 heteroatoms. The van der Waals surface area contributed by atoms with Crippen LogP contribution in [0.1, 0.15) is 29.8 Å². The predicted octanol–water partition coefficient (Wildman–Crippen LogP) is 1.61. The standard InChI is InChI=1S/C11H15FN2/c12-11-8-3-1-2-4-9(8)14-6-5-13-7-10(11)14/h13H,1-7H2. The molecule has 1 aromatic rings. The van der Waals surface area contributed by atoms with Crippen LogP contribution in [-0.4, -0.2) is 11.1 Å². The number of hydrogen-bond donors (Lipinski definition) is 1. The lowest BCUT2D eigenvalue weighted by Gasteiger charge is -2.20. The molecule has 1 aromatic heterocycles. The zero-order valence-corrected chi connectivity index (χ0v) is 8.27. The van der Waals surface area contributed by atoms with Gasteiger partial charge in [-0.25, -0.2) is 4.39 Å². The molecule has 0 fully saturated rings. The first-order valence-electron chi connectivity index (χ1n) is 5.47. The third kappa shape index (κ3) is 1.05. The van der Waals surface area contributed by atoms with Crippen molar-refractivity contribution >= 4 is 0 Å². The maximum atomic E-state index is 13.9. The molecular weight excluding hydrogens is 179 g/mol. The number of nitrogens with zero attached hydrogens (tertiary/aromatic N) is 1. The van der Waals surface area contributed by atoms with Gasteiger partial charge in [-0.3, -0.25) is 0 Å². The maximum absolute atomic E-state index is 13.9. The fourth-order valence-electron chi connectivity index (χ4n) is 2.72. The van der Waals surface area contributed by atoms with E-state index in [0.717, 1.165) is 43.6 Å². The molecule has 2 heterocycles. The van der Waals surface area contributed by atoms with E-state index in [0.29, 0.717) is 6.54 Å². The number of hydrogen-bond acceptors (Lipinski definition) is 1. The van der Waals surface area contributed by atoms with Crippen LogP contribution in [0.5, 0.6) is 0 Å². The Morgan fingerprint density at radius 3 is 2.93 bits per heavy atom. The fourth-order valence-corrected chi connectivity index (χ4v) is 2.72. The molecule has 1 aliphatic carbocycles. The zero-order chi connectivity index (χ0) is 9.54. The van der Waals surface area contributed by atoms with Crippen LogP contribution in [0.3, 0.4) is 0 Å². The molecule has 3 rings (SSSR count). The Morgan fingerprint density at radius 2 is 2.00 bits per heavy atom. The van der Waals surface area contributed by atoms with Crippen molar-refractivity contribution in [2.24, 2.45) is 0 Å². The highest BCUT2D eigenvalue weighted by atomic mass is 19.1. The SMILES string of the molecule is Fc1c2c(n3c1CNCC3)CCCC2. The first-order chi connectivity index (χ1) is 6.88. The summed E-state index contributed by atoms with van der Waals surface area (Å²) in [6, 6.07) is 0. The van der Waals surface area contributed by atoms with E-state index in [1.54, 1.807) is 0 Å². The van der Waals surface area contributed by atoms with Crippen LogP contribution in [0.15, 0.2) is 0 Å². The highest BCUT2D eigenvalue weighted by Crippen LogP contribution is 2.29. The van der Waals surface area contributed by atoms with E-state index >= 15 is 0 Å². The van der Waals surface area contributed by atoms with Gasteiger partial charge >= 0.3 is 0 Å². The van der Waals surface area contributed by atoms with Crippen molar-refractivity contribution in [3.63, 3.8) is 0 Å². The van der Waals surface area contributed by atoms with Gasteiger partial charge in [0.1, 0.15) is 5.82 Å². The van der Waals surface area contributed by atoms with E-state index in [9.17, 15) is 4.39 Å². The minimum atomic E-state index is 0.0758. The van der Waals surface area contributed by atoms with Crippen LogP contribution >= 0.6 is 0 Å². The highest BCUT2D eigenvalue weighted by Gasteiger charge is 2.25. The van der Waals surface area contributed by atoms with Gasteiger partial charge in [0.15, 0.2) is 0 Å². The van der Waals surface area contributed by atoms with Crippen molar-refractivity contribution in [1.82, 2.24) is 9.88 Å². The van der Waals surface area contributed by atoms with Crippen LogP contribution in [0, 0.1) is 5.82 Å². The molecule has 1 N–H and O–H groups in total. The van der Waals surface area contributed by atoms with Crippen LogP contribution in [0.2, 0.25) is 0 Å². The van der Waals surface area contributed by atoms with Crippen molar-refractivity contribution < 1.29 is 4.39 Å². The lowest BCUT2D eigenvalue weighted by atomic mass is 9.97. The minimum absolute atomic E-state index is 0.0758. The number of fused-ring (bicyclic) bond motifs is 3. The van der Waals surface area contributed by atoms with Crippen LogP contribution in [0.25, 0.3) is 0 Å². The average Bonchev–Trinajstić information content (AvgIpc) is 2.55. The molecule has 76 valence electrons. The Balaban J connectivity index is 2.17. The molecule has 0 unspecified atom stereocenters. The zero-order valence-electron chi connectivity index (χ0n) is 8.27. The molecule has 0 radical (unpaired) electrons. The van der Waals surface area contributed by atoms with Crippen LogP contribution in [-0.2, 0) is 25.9 Å². The van der Waals surface area contributed by atoms with Crippen LogP contribution < -0.4 is 5.32 Å². The van der Waals surface area contributed by atoms with E-state index in [4.69, 9.17) is 0 Å². The Labute approximate surface area is 83.1 Å². The second-order valence-electron chi connectivity index (χ2n) is 4.22. The van der Waals surface area contributed by atoms with Gasteiger partial charge in [-0.2, -0.15) is 0 Å². The molecule has 2 nitrogen and oxygen atoms in total. The second-order valence-corrected chi connectivity index (χ2v) is 4.22. The summed E-state index contributed by atoms with van der Waals surface area (Å²) < 4.78 is 16.1. The Hall–Kier alpha value is -0.830. The van der Waals surface area contributed by atoms with E-state index < -0.39 is 0 Å². The van der Waals surface area contributed by atoms with Crippen molar-refractivity contribution in [1.29, 1.82) is 0 Å². The van der Waals surface area contributed by atoms with Gasteiger partial charge in [0, 0.05) is 30.9 Å². The number of nitrogens with one attached hydrogen (secondary N) is 1. The quantitative estimate of drug-likeness (QED) is 0.664. The largest absolute Gasteiger partial charge is 0.343 e. The first kappa shape index (κ1) is 8.48. The Morgan fingerprint density at radius 1 is 1.14 bits per heavy atom. The Kier molecular flexibility index (Phi) is 1.87. The third-order valence-electron chi connectivity index (χ3n) is 3.41. The summed E-state index contributed by atoms with van der Waals surface area (Å²) in [5, 5.41) is 3.23. The van der Waals surface area contributed by atoms with Crippen molar-refractivity contribution in [3.05, 3.63) is 22.8 Å². The molecule has 0 aromatic carbocycles. The molecule has 0 spiro atoms. The topological polar surface area (TPSA) is 17.0 Å². The summed E-state index contributed by atoms with van der Waals surface area (Å²) in [6.07, 6.45) is 4.40. The summed E-state index contributed by atoms with van der Waals surface area (Å²) in [5.74, 6) is 0.0758. The predicted molar refractivity (Wildman–Crippen MR) is 52.7 cm³/mol. The van der Waals surface area contributed by atoms with Gasteiger partial charge in [-0.05, 0) is 25.7 Å². The summed E-state index contributed by atoms with van der Waals surface area (Å²) >= 11 is 0. The molecule has 0 amide bonds. The van der Waals surface area contributed by atoms with Gasteiger partial charge < -0.3 is 9.88 Å². The molecule has 0 saturated heterocycles. The number of rotatable bonds is 0. The molecule has 2 aliphatic rings. The number of aromatic nitrogens is 1. The lowest BCUT2D eigenvalue weighted by molar-refractivity contribution is 0.477. The van der Waals surface area contributed by atoms with Crippen molar-refractivity contribution in [2.75, 3.05) is 6.54 Å². The van der Waals surface area contributed by atoms with Gasteiger partial charge in [-0.1, -0.05) is 0 Å². The monoisotopic (exact) mass is 194 g/mol. The Bertz CT molecular complexity index is 334. The van der Waals surface area contributed by atoms with E-state index in [1.165, 1.54) is 12.1 Å². The lowest BCUT2D eigenvalue weighted by Crippen LogP contribution is -2.29. The molecule has 14 heavy (non-hydrogen) atoms. The van der Waals surface area contributed by atoms with E-state index in [2.05, 4.69) is 9.88 Å². The van der Waals surface area contributed by atoms with Crippen molar-refractivity contribution in [3.8, 4) is 0 Å². The van der Waals surface area contributed by atoms with E-state index in [1.807, 2.05) is 0 Å². The summed E-state index contributed by atoms with van der Waals surface area (Å²) in [4.78, 5) is 0. The average molecular weight is 194 g/mol. The van der Waals surface area contributed by atoms with Gasteiger partial charge in [0.25, 0.3) is 0 Å². The fraction of sp³-hybridized carbons (Fsp3) is 0.636. The molecular formula is C11H15FN2. The number of halogens is 1. The molecule has 1 aliphatic heterocycles. The molecule has 0 saturated carbocycles. The first-order valence-corrected chi connectivity index (χ1v) is 5.47. The van der Waals surface area contributed by atoms with Crippen molar-refractivity contribution in [2.45, 2.75) is 38.8 Å². The summed E-state index contributed by atoms with van der Waals surface area (Å²) in [7, 11) is 0. The third-order valence-corrected chi connectivity index (χ3v) is 3.41. The smallest absolute Gasteiger partial charge is 0.148 e. The minimum Gasteiger partial charge on any atom is -0.343 e.